The summed E-state index contributed by atoms with van der Waals surface area (Å²) in [5, 5.41) is 0. The SMILES string of the molecule is CCc1ccc(-c2ccc(C)cc2C)[n+](C)c1.Cc1ccc(-c2ccc(C(C)C)cc2C)[n+](C)c1.[2H]C([2H])([2H])c1ccc(-c2ccc(C([2H])(C)C)c[n+]2C)c(C)c1.[2H]C([2H])([2H])c1ccc(-c2ccc(C([2H])(C)C)cc2C)[n+](C)c1.[2H]C([2H])([2H])c1ccc(-c2ccc(C([2H])([2H])C)c[n+]2C)c(C)c1. The van der Waals surface area contributed by atoms with Crippen molar-refractivity contribution in [3.8, 4) is 56.3 Å². The first kappa shape index (κ1) is 51.9. The second-order valence-corrected chi connectivity index (χ2v) is 24.2. The van der Waals surface area contributed by atoms with Gasteiger partial charge in [0, 0.05) is 104 Å². The highest BCUT2D eigenvalue weighted by atomic mass is 14.9. The number of hydrogen-bond donors (Lipinski definition) is 0. The van der Waals surface area contributed by atoms with Gasteiger partial charge in [0.05, 0.1) is 0 Å². The molecule has 5 aromatic carbocycles. The molecule has 10 aromatic rings. The zero-order chi connectivity index (χ0) is 75.8. The van der Waals surface area contributed by atoms with Gasteiger partial charge in [-0.3, -0.25) is 0 Å². The third-order valence-corrected chi connectivity index (χ3v) is 16.1. The topological polar surface area (TPSA) is 19.4 Å². The van der Waals surface area contributed by atoms with Crippen molar-refractivity contribution in [2.24, 2.45) is 35.2 Å². The van der Waals surface area contributed by atoms with Crippen LogP contribution in [0.4, 0.5) is 0 Å². The minimum atomic E-state index is -2.10. The average molecular weight is 1190 g/mol. The summed E-state index contributed by atoms with van der Waals surface area (Å²) in [4.78, 5) is 0. The molecule has 0 atom stereocenters. The predicted octanol–water partition coefficient (Wildman–Crippen LogP) is 18.5. The van der Waals surface area contributed by atoms with Gasteiger partial charge in [-0.15, -0.1) is 0 Å². The molecule has 5 heteroatoms. The van der Waals surface area contributed by atoms with Crippen molar-refractivity contribution < 1.29 is 40.7 Å². The maximum Gasteiger partial charge on any atom is 0.212 e. The van der Waals surface area contributed by atoms with E-state index >= 15 is 0 Å². The van der Waals surface area contributed by atoms with Crippen molar-refractivity contribution in [3.05, 3.63) is 266 Å². The highest BCUT2D eigenvalue weighted by Crippen LogP contribution is 2.28. The zero-order valence-corrected chi connectivity index (χ0v) is 56.3. The number of benzene rings is 5. The minimum Gasteiger partial charge on any atom is -0.201 e. The molecule has 0 amide bonds. The zero-order valence-electron chi connectivity index (χ0n) is 69.3. The number of pyridine rings is 5. The summed E-state index contributed by atoms with van der Waals surface area (Å²) >= 11 is 0. The summed E-state index contributed by atoms with van der Waals surface area (Å²) in [6, 6.07) is 49.7. The van der Waals surface area contributed by atoms with Crippen LogP contribution < -0.4 is 22.8 Å². The van der Waals surface area contributed by atoms with Crippen LogP contribution in [-0.2, 0) is 48.0 Å². The van der Waals surface area contributed by atoms with Gasteiger partial charge in [-0.1, -0.05) is 133 Å². The van der Waals surface area contributed by atoms with E-state index in [-0.39, 0.29) is 0 Å². The van der Waals surface area contributed by atoms with Crippen molar-refractivity contribution in [3.63, 3.8) is 0 Å². The Bertz CT molecular complexity index is 4070. The molecule has 0 fully saturated rings. The van der Waals surface area contributed by atoms with E-state index in [0.29, 0.717) is 28.2 Å². The van der Waals surface area contributed by atoms with Crippen molar-refractivity contribution >= 4 is 0 Å². The molecule has 0 aliphatic carbocycles. The van der Waals surface area contributed by atoms with Gasteiger partial charge in [0.1, 0.15) is 35.2 Å². The molecule has 88 heavy (non-hydrogen) atoms. The van der Waals surface area contributed by atoms with Crippen LogP contribution in [0.5, 0.6) is 0 Å². The van der Waals surface area contributed by atoms with E-state index in [2.05, 4.69) is 145 Å². The highest BCUT2D eigenvalue weighted by Gasteiger charge is 2.18. The Labute approximate surface area is 551 Å². The normalized spacial score (nSPS) is 13.9. The van der Waals surface area contributed by atoms with Crippen LogP contribution in [0.15, 0.2) is 183 Å². The van der Waals surface area contributed by atoms with E-state index in [1.54, 1.807) is 48.8 Å². The summed E-state index contributed by atoms with van der Waals surface area (Å²) in [7, 11) is 9.89. The molecular formula is C83H106N5+5. The van der Waals surface area contributed by atoms with Gasteiger partial charge in [-0.2, -0.15) is 0 Å². The number of aryl methyl sites for hydroxylation is 17. The fourth-order valence-corrected chi connectivity index (χ4v) is 10.9. The van der Waals surface area contributed by atoms with Crippen molar-refractivity contribution in [2.75, 3.05) is 0 Å². The fourth-order valence-electron chi connectivity index (χ4n) is 10.9. The minimum absolute atomic E-state index is 0.331. The van der Waals surface area contributed by atoms with E-state index in [9.17, 15) is 0 Å². The van der Waals surface area contributed by atoms with Gasteiger partial charge in [-0.05, 0) is 199 Å². The second-order valence-electron chi connectivity index (χ2n) is 24.2. The third kappa shape index (κ3) is 18.5. The largest absolute Gasteiger partial charge is 0.212 e. The van der Waals surface area contributed by atoms with Gasteiger partial charge < -0.3 is 0 Å². The average Bonchev–Trinajstić information content (AvgIpc) is 0.816. The van der Waals surface area contributed by atoms with Crippen molar-refractivity contribution in [1.82, 2.24) is 0 Å². The summed E-state index contributed by atoms with van der Waals surface area (Å²) in [6.07, 6.45) is 9.47. The second kappa shape index (κ2) is 31.7. The molecule has 0 bridgehead atoms. The molecule has 5 aromatic heterocycles. The van der Waals surface area contributed by atoms with E-state index < -0.39 is 38.7 Å². The fraction of sp³-hybridized carbons (Fsp3) is 0.337. The Morgan fingerprint density at radius 2 is 0.648 bits per heavy atom. The molecule has 5 heterocycles. The van der Waals surface area contributed by atoms with Crippen LogP contribution in [0, 0.1) is 69.0 Å². The Kier molecular flexibility index (Phi) is 18.7. The first-order valence-corrected chi connectivity index (χ1v) is 30.6. The van der Waals surface area contributed by atoms with Crippen molar-refractivity contribution in [1.29, 1.82) is 0 Å². The van der Waals surface area contributed by atoms with E-state index in [4.69, 9.17) is 17.8 Å². The number of hydrogen-bond acceptors (Lipinski definition) is 0. The Morgan fingerprint density at radius 3 is 1.03 bits per heavy atom. The molecule has 0 aliphatic heterocycles. The lowest BCUT2D eigenvalue weighted by atomic mass is 9.96. The molecule has 0 unspecified atom stereocenters. The highest BCUT2D eigenvalue weighted by molar-refractivity contribution is 5.65. The van der Waals surface area contributed by atoms with Crippen LogP contribution in [0.25, 0.3) is 56.3 Å². The lowest BCUT2D eigenvalue weighted by Gasteiger charge is -2.10. The molecule has 0 radical (unpaired) electrons. The molecule has 0 spiro atoms. The first-order chi connectivity index (χ1) is 46.6. The summed E-state index contributed by atoms with van der Waals surface area (Å²) in [5.74, 6) is -0.683. The maximum absolute atomic E-state index is 8.12. The monoisotopic (exact) mass is 1190 g/mol. The standard InChI is InChI=1S/3C17H22N.2C16H20N/c2*1-12(2)15-7-8-16(14(4)10-15)17-9-6-13(3)11-18(17)5;1-12(2)15-7-9-17(18(5)11-15)16-8-6-13(3)10-14(16)4;2*1-5-14-7-9-16(17(4)11-14)15-8-6-12(2)10-13(15)3/h3*6-12H,1-5H3;2*6-11H,5H2,1-4H3/q5*+1/i3D3,12D;;3D3,12D;2D3,5D2;. The maximum atomic E-state index is 8.12. The Balaban J connectivity index is 0.000000199. The Morgan fingerprint density at radius 1 is 0.330 bits per heavy atom. The molecule has 0 saturated carbocycles. The van der Waals surface area contributed by atoms with Gasteiger partial charge in [0.15, 0.2) is 31.0 Å². The lowest BCUT2D eigenvalue weighted by Crippen LogP contribution is -2.31. The van der Waals surface area contributed by atoms with Crippen LogP contribution >= 0.6 is 0 Å². The molecule has 0 saturated heterocycles. The Hall–Kier alpha value is -8.15. The van der Waals surface area contributed by atoms with E-state index in [1.807, 2.05) is 144 Å². The third-order valence-electron chi connectivity index (χ3n) is 16.1. The van der Waals surface area contributed by atoms with Crippen molar-refractivity contribution in [2.45, 2.75) is 155 Å². The summed E-state index contributed by atoms with van der Waals surface area (Å²) < 4.78 is 109. The van der Waals surface area contributed by atoms with Gasteiger partial charge in [0.25, 0.3) is 0 Å². The van der Waals surface area contributed by atoms with Gasteiger partial charge >= 0.3 is 0 Å². The van der Waals surface area contributed by atoms with Crippen LogP contribution in [0.1, 0.15) is 174 Å². The molecule has 458 valence electrons. The van der Waals surface area contributed by atoms with Crippen LogP contribution in [0.3, 0.4) is 0 Å². The number of nitrogens with zero attached hydrogens (tertiary/aromatic N) is 5. The van der Waals surface area contributed by atoms with Gasteiger partial charge in [0.2, 0.25) is 28.5 Å². The quantitative estimate of drug-likeness (QED) is 0.122. The van der Waals surface area contributed by atoms with E-state index in [0.717, 1.165) is 68.0 Å². The first-order valence-electron chi connectivity index (χ1n) is 37.1. The molecule has 5 nitrogen and oxygen atoms in total. The summed E-state index contributed by atoms with van der Waals surface area (Å²) in [6.45, 7) is 23.8. The number of rotatable bonds is 10. The van der Waals surface area contributed by atoms with Crippen LogP contribution in [-0.4, -0.2) is 0 Å². The molecule has 0 N–H and O–H groups in total. The summed E-state index contributed by atoms with van der Waals surface area (Å²) in [5.41, 5.74) is 25.6. The molecule has 0 aliphatic rings. The lowest BCUT2D eigenvalue weighted by molar-refractivity contribution is -0.661. The molecular weight excluding hydrogens is 1070 g/mol. The number of aromatic nitrogens is 5. The smallest absolute Gasteiger partial charge is 0.201 e. The predicted molar refractivity (Wildman–Crippen MR) is 374 cm³/mol. The van der Waals surface area contributed by atoms with Gasteiger partial charge in [-0.25, -0.2) is 22.8 Å². The molecule has 10 rings (SSSR count). The van der Waals surface area contributed by atoms with Crippen LogP contribution in [0.2, 0.25) is 0 Å². The van der Waals surface area contributed by atoms with E-state index in [1.165, 1.54) is 62.8 Å².